The Labute approximate surface area is 217 Å². The van der Waals surface area contributed by atoms with Crippen molar-refractivity contribution < 1.29 is 0 Å². The molecule has 3 heterocycles. The van der Waals surface area contributed by atoms with Crippen molar-refractivity contribution in [2.75, 3.05) is 22.7 Å². The third-order valence-electron chi connectivity index (χ3n) is 7.15. The maximum atomic E-state index is 4.80. The van der Waals surface area contributed by atoms with Crippen LogP contribution in [0.2, 0.25) is 0 Å². The third-order valence-corrected chi connectivity index (χ3v) is 7.15. The lowest BCUT2D eigenvalue weighted by molar-refractivity contribution is 0.994. The molecule has 6 aromatic rings. The summed E-state index contributed by atoms with van der Waals surface area (Å²) in [6, 6.07) is 38.3. The fraction of sp³-hybridized carbons (Fsp3) is 0.0625. The van der Waals surface area contributed by atoms with Gasteiger partial charge in [-0.25, -0.2) is 9.97 Å². The molecule has 0 atom stereocenters. The molecule has 1 aliphatic rings. The average molecular weight is 475 g/mol. The topological polar surface area (TPSA) is 32.3 Å². The molecule has 1 saturated heterocycles. The summed E-state index contributed by atoms with van der Waals surface area (Å²) < 4.78 is 0. The Morgan fingerprint density at radius 3 is 1.41 bits per heavy atom. The lowest BCUT2D eigenvalue weighted by atomic mass is 9.99. The summed E-state index contributed by atoms with van der Waals surface area (Å²) in [6.07, 6.45) is 3.95. The summed E-state index contributed by atoms with van der Waals surface area (Å²) in [5.74, 6) is 1.89. The smallest absolute Gasteiger partial charge is 0.382 e. The molecule has 2 aromatic heterocycles. The molecule has 7 rings (SSSR count). The highest BCUT2D eigenvalue weighted by Gasteiger charge is 2.25. The molecule has 4 nitrogen and oxygen atoms in total. The second-order valence-corrected chi connectivity index (χ2v) is 9.37. The van der Waals surface area contributed by atoms with Gasteiger partial charge in [0.15, 0.2) is 0 Å². The van der Waals surface area contributed by atoms with Crippen LogP contribution in [0.5, 0.6) is 0 Å². The van der Waals surface area contributed by atoms with E-state index in [1.807, 2.05) is 12.4 Å². The molecule has 175 valence electrons. The van der Waals surface area contributed by atoms with Crippen LogP contribution in [-0.4, -0.2) is 30.6 Å². The van der Waals surface area contributed by atoms with E-state index in [1.54, 1.807) is 0 Å². The third kappa shape index (κ3) is 3.99. The van der Waals surface area contributed by atoms with Gasteiger partial charge in [-0.15, -0.1) is 0 Å². The van der Waals surface area contributed by atoms with E-state index in [2.05, 4.69) is 126 Å². The van der Waals surface area contributed by atoms with Crippen molar-refractivity contribution in [3.63, 3.8) is 0 Å². The predicted octanol–water partition coefficient (Wildman–Crippen LogP) is 6.98. The normalized spacial score (nSPS) is 13.3. The highest BCUT2D eigenvalue weighted by atomic mass is 15.3. The molecule has 1 aliphatic heterocycles. The molecule has 37 heavy (non-hydrogen) atoms. The van der Waals surface area contributed by atoms with Gasteiger partial charge < -0.3 is 9.62 Å². The highest BCUT2D eigenvalue weighted by molar-refractivity contribution is 6.47. The molecule has 4 aromatic carbocycles. The van der Waals surface area contributed by atoms with Gasteiger partial charge in [0.05, 0.1) is 0 Å². The van der Waals surface area contributed by atoms with Gasteiger partial charge in [0.2, 0.25) is 0 Å². The molecule has 1 radical (unpaired) electrons. The first-order valence-electron chi connectivity index (χ1n) is 12.6. The van der Waals surface area contributed by atoms with E-state index < -0.39 is 0 Å². The van der Waals surface area contributed by atoms with E-state index in [0.717, 1.165) is 35.9 Å². The van der Waals surface area contributed by atoms with Gasteiger partial charge in [-0.1, -0.05) is 84.9 Å². The first-order chi connectivity index (χ1) is 18.3. The molecule has 0 spiro atoms. The number of aromatic nitrogens is 2. The summed E-state index contributed by atoms with van der Waals surface area (Å²) >= 11 is 0. The minimum absolute atomic E-state index is 0.868. The van der Waals surface area contributed by atoms with Crippen molar-refractivity contribution >= 4 is 40.7 Å². The van der Waals surface area contributed by atoms with Crippen molar-refractivity contribution in [2.45, 2.75) is 0 Å². The van der Waals surface area contributed by atoms with Crippen LogP contribution in [0.1, 0.15) is 0 Å². The minimum Gasteiger partial charge on any atom is -0.382 e. The summed E-state index contributed by atoms with van der Waals surface area (Å²) in [5.41, 5.74) is 4.67. The van der Waals surface area contributed by atoms with E-state index in [1.165, 1.54) is 32.7 Å². The molecule has 0 amide bonds. The number of hydrogen-bond acceptors (Lipinski definition) is 4. The fourth-order valence-electron chi connectivity index (χ4n) is 5.23. The van der Waals surface area contributed by atoms with E-state index in [-0.39, 0.29) is 0 Å². The molecule has 5 heteroatoms. The van der Waals surface area contributed by atoms with Gasteiger partial charge in [0, 0.05) is 36.6 Å². The van der Waals surface area contributed by atoms with E-state index in [9.17, 15) is 0 Å². The van der Waals surface area contributed by atoms with E-state index >= 15 is 0 Å². The van der Waals surface area contributed by atoms with Crippen LogP contribution in [0.25, 0.3) is 43.8 Å². The summed E-state index contributed by atoms with van der Waals surface area (Å²) in [5, 5.41) is 4.98. The molecule has 1 fully saturated rings. The van der Waals surface area contributed by atoms with E-state index in [0.29, 0.717) is 0 Å². The highest BCUT2D eigenvalue weighted by Crippen LogP contribution is 2.31. The minimum atomic E-state index is 0.868. The van der Waals surface area contributed by atoms with Crippen molar-refractivity contribution in [2.24, 2.45) is 0 Å². The van der Waals surface area contributed by atoms with Crippen LogP contribution in [-0.2, 0) is 0 Å². The lowest BCUT2D eigenvalue weighted by Crippen LogP contribution is -2.30. The number of fused-ring (bicyclic) bond motifs is 2. The predicted molar refractivity (Wildman–Crippen MR) is 155 cm³/mol. The van der Waals surface area contributed by atoms with E-state index in [4.69, 9.17) is 9.97 Å². The Morgan fingerprint density at radius 2 is 0.946 bits per heavy atom. The number of hydrogen-bond donors (Lipinski definition) is 0. The fourth-order valence-corrected chi connectivity index (χ4v) is 5.23. The van der Waals surface area contributed by atoms with Crippen molar-refractivity contribution in [1.29, 1.82) is 0 Å². The average Bonchev–Trinajstić information content (AvgIpc) is 3.47. The van der Waals surface area contributed by atoms with Crippen LogP contribution in [0.15, 0.2) is 122 Å². The number of nitrogens with zero attached hydrogens (tertiary/aromatic N) is 4. The van der Waals surface area contributed by atoms with Crippen LogP contribution < -0.4 is 9.62 Å². The second kappa shape index (κ2) is 9.10. The molecule has 0 saturated carbocycles. The Kier molecular flexibility index (Phi) is 5.32. The largest absolute Gasteiger partial charge is 0.394 e. The SMILES string of the molecule is [B]1N(c2ccc(-c3cccc4ccccc34)cn2)CCN1c1ccc(-c2cccc3ccccc23)cn1. The van der Waals surface area contributed by atoms with Crippen molar-refractivity contribution in [3.8, 4) is 22.3 Å². The molecule has 0 aliphatic carbocycles. The number of pyridine rings is 2. The van der Waals surface area contributed by atoms with Gasteiger partial charge in [0.1, 0.15) is 11.6 Å². The summed E-state index contributed by atoms with van der Waals surface area (Å²) in [4.78, 5) is 14.0. The van der Waals surface area contributed by atoms with Gasteiger partial charge in [-0.05, 0) is 56.9 Å². The van der Waals surface area contributed by atoms with Gasteiger partial charge in [0.25, 0.3) is 0 Å². The zero-order valence-electron chi connectivity index (χ0n) is 20.3. The van der Waals surface area contributed by atoms with Crippen molar-refractivity contribution in [1.82, 2.24) is 9.97 Å². The Balaban J connectivity index is 1.09. The van der Waals surface area contributed by atoms with Gasteiger partial charge in [-0.3, -0.25) is 0 Å². The number of anilines is 2. The van der Waals surface area contributed by atoms with Gasteiger partial charge in [-0.2, -0.15) is 0 Å². The van der Waals surface area contributed by atoms with Crippen LogP contribution in [0.3, 0.4) is 0 Å². The molecule has 0 unspecified atom stereocenters. The first kappa shape index (κ1) is 21.6. The Hall–Kier alpha value is -4.64. The molecular formula is C32H24BN4. The Bertz CT molecular complexity index is 1570. The van der Waals surface area contributed by atoms with Gasteiger partial charge >= 0.3 is 7.55 Å². The zero-order valence-corrected chi connectivity index (χ0v) is 20.3. The summed E-state index contributed by atoms with van der Waals surface area (Å²) in [7, 11) is 2.11. The second-order valence-electron chi connectivity index (χ2n) is 9.37. The molecular weight excluding hydrogens is 451 g/mol. The maximum Gasteiger partial charge on any atom is 0.394 e. The van der Waals surface area contributed by atoms with Crippen LogP contribution in [0, 0.1) is 0 Å². The number of rotatable bonds is 4. The zero-order chi connectivity index (χ0) is 24.6. The van der Waals surface area contributed by atoms with Crippen molar-refractivity contribution in [3.05, 3.63) is 122 Å². The number of benzene rings is 4. The lowest BCUT2D eigenvalue weighted by Gasteiger charge is -2.18. The molecule has 0 bridgehead atoms. The first-order valence-corrected chi connectivity index (χ1v) is 12.6. The summed E-state index contributed by atoms with van der Waals surface area (Å²) in [6.45, 7) is 1.74. The van der Waals surface area contributed by atoms with Crippen LogP contribution >= 0.6 is 0 Å². The quantitative estimate of drug-likeness (QED) is 0.258. The maximum absolute atomic E-state index is 4.80. The monoisotopic (exact) mass is 475 g/mol. The van der Waals surface area contributed by atoms with Crippen LogP contribution in [0.4, 0.5) is 11.6 Å². The Morgan fingerprint density at radius 1 is 0.486 bits per heavy atom. The molecule has 0 N–H and O–H groups in total. The standard InChI is InChI=1S/C32H24BN4/c1-3-11-27-23(7-1)9-5-13-29(27)25-15-17-31(34-21-25)36-19-20-37(33-36)32-18-16-26(22-35-32)30-14-6-10-24-8-2-4-12-28(24)30/h1-18,21-22H,19-20H2.